The van der Waals surface area contributed by atoms with Gasteiger partial charge in [0.15, 0.2) is 0 Å². The zero-order chi connectivity index (χ0) is 27.0. The van der Waals surface area contributed by atoms with Gasteiger partial charge in [-0.25, -0.2) is 9.97 Å². The molecule has 0 bridgehead atoms. The van der Waals surface area contributed by atoms with Crippen molar-refractivity contribution in [2.75, 3.05) is 11.9 Å². The largest absolute Gasteiger partial charge is 0.343 e. The maximum atomic E-state index is 13.3. The van der Waals surface area contributed by atoms with Gasteiger partial charge in [-0.3, -0.25) is 9.59 Å². The van der Waals surface area contributed by atoms with E-state index in [1.165, 1.54) is 23.1 Å². The van der Waals surface area contributed by atoms with Gasteiger partial charge in [-0.1, -0.05) is 32.9 Å². The van der Waals surface area contributed by atoms with Crippen molar-refractivity contribution in [3.8, 4) is 0 Å². The van der Waals surface area contributed by atoms with Crippen LogP contribution in [0.2, 0.25) is 0 Å². The van der Waals surface area contributed by atoms with Crippen LogP contribution in [0.3, 0.4) is 0 Å². The van der Waals surface area contributed by atoms with Crippen LogP contribution in [0.5, 0.6) is 0 Å². The quantitative estimate of drug-likeness (QED) is 0.329. The van der Waals surface area contributed by atoms with E-state index >= 15 is 0 Å². The van der Waals surface area contributed by atoms with Gasteiger partial charge in [-0.05, 0) is 66.0 Å². The Labute approximate surface area is 226 Å². The van der Waals surface area contributed by atoms with Gasteiger partial charge in [0.05, 0.1) is 23.4 Å². The Balaban J connectivity index is 1.31. The number of hydrogen-bond donors (Lipinski definition) is 3. The lowest BCUT2D eigenvalue weighted by atomic mass is 9.71. The first-order valence-corrected chi connectivity index (χ1v) is 13.7. The molecule has 38 heavy (non-hydrogen) atoms. The van der Waals surface area contributed by atoms with Gasteiger partial charge >= 0.3 is 0 Å². The zero-order valence-corrected chi connectivity index (χ0v) is 23.1. The lowest BCUT2D eigenvalue weighted by Gasteiger charge is -2.34. The molecule has 0 spiro atoms. The number of aromatic nitrogens is 3. The molecular weight excluding hydrogens is 496 g/mol. The highest BCUT2D eigenvalue weighted by molar-refractivity contribution is 7.20. The summed E-state index contributed by atoms with van der Waals surface area (Å²) in [7, 11) is 1.76. The summed E-state index contributed by atoms with van der Waals surface area (Å²) in [4.78, 5) is 36.3. The van der Waals surface area contributed by atoms with Crippen LogP contribution in [0.1, 0.15) is 70.2 Å². The van der Waals surface area contributed by atoms with Crippen molar-refractivity contribution in [1.29, 1.82) is 0 Å². The molecule has 0 saturated carbocycles. The average Bonchev–Trinajstić information content (AvgIpc) is 3.50. The predicted octanol–water partition coefficient (Wildman–Crippen LogP) is 4.86. The number of rotatable bonds is 6. The number of nitrogens with two attached hydrogens (primary N) is 1. The van der Waals surface area contributed by atoms with Crippen LogP contribution in [0.15, 0.2) is 48.9 Å². The number of nitrogens with zero attached hydrogens (tertiary/aromatic N) is 3. The molecule has 0 unspecified atom stereocenters. The third-order valence-electron chi connectivity index (χ3n) is 7.46. The SMILES string of the molecule is Cn1cncc1C(=O)Nc1cccc([C@@H](CN)NC(=O)c2cc3cc4c(nc3s2)CC[C@@H](C(C)(C)C)C4)c1. The number of pyridine rings is 1. The number of anilines is 1. The first-order valence-electron chi connectivity index (χ1n) is 12.9. The van der Waals surface area contributed by atoms with Crippen LogP contribution >= 0.6 is 11.3 Å². The molecule has 0 radical (unpaired) electrons. The molecule has 2 atom stereocenters. The lowest BCUT2D eigenvalue weighted by Crippen LogP contribution is -2.33. The smallest absolute Gasteiger partial charge is 0.273 e. The van der Waals surface area contributed by atoms with Crippen molar-refractivity contribution in [2.45, 2.75) is 46.1 Å². The van der Waals surface area contributed by atoms with Gasteiger partial charge in [0.1, 0.15) is 10.5 Å². The van der Waals surface area contributed by atoms with Crippen molar-refractivity contribution in [3.05, 3.63) is 76.3 Å². The Morgan fingerprint density at radius 3 is 2.74 bits per heavy atom. The molecule has 3 heterocycles. The number of aryl methyl sites for hydroxylation is 2. The summed E-state index contributed by atoms with van der Waals surface area (Å²) >= 11 is 1.41. The summed E-state index contributed by atoms with van der Waals surface area (Å²) in [6.45, 7) is 7.14. The van der Waals surface area contributed by atoms with E-state index in [1.807, 2.05) is 24.3 Å². The molecule has 1 aliphatic carbocycles. The second-order valence-corrected chi connectivity index (χ2v) is 12.2. The van der Waals surface area contributed by atoms with Gasteiger partial charge in [0.25, 0.3) is 11.8 Å². The molecule has 9 heteroatoms. The molecule has 4 aromatic rings. The van der Waals surface area contributed by atoms with Gasteiger partial charge in [-0.15, -0.1) is 11.3 Å². The number of fused-ring (bicyclic) bond motifs is 2. The third kappa shape index (κ3) is 5.35. The minimum atomic E-state index is -0.407. The van der Waals surface area contributed by atoms with Crippen molar-refractivity contribution < 1.29 is 9.59 Å². The minimum absolute atomic E-state index is 0.182. The van der Waals surface area contributed by atoms with Crippen molar-refractivity contribution in [2.24, 2.45) is 24.1 Å². The van der Waals surface area contributed by atoms with Crippen LogP contribution in [0.25, 0.3) is 10.2 Å². The number of carbonyl (C=O) groups is 2. The summed E-state index contributed by atoms with van der Waals surface area (Å²) in [6.07, 6.45) is 6.25. The van der Waals surface area contributed by atoms with Crippen molar-refractivity contribution >= 4 is 39.1 Å². The Hall–Kier alpha value is -3.56. The van der Waals surface area contributed by atoms with Crippen LogP contribution in [0.4, 0.5) is 5.69 Å². The predicted molar refractivity (Wildman–Crippen MR) is 151 cm³/mol. The molecule has 0 saturated heterocycles. The first-order chi connectivity index (χ1) is 18.1. The van der Waals surface area contributed by atoms with Gasteiger partial charge in [0, 0.05) is 30.4 Å². The molecule has 0 fully saturated rings. The fourth-order valence-corrected chi connectivity index (χ4v) is 6.02. The Kier molecular flexibility index (Phi) is 7.07. The number of amides is 2. The number of thiophene rings is 1. The van der Waals surface area contributed by atoms with E-state index in [9.17, 15) is 9.59 Å². The maximum Gasteiger partial charge on any atom is 0.273 e. The molecule has 1 aliphatic rings. The molecule has 3 aromatic heterocycles. The molecule has 4 N–H and O–H groups in total. The number of hydrogen-bond acceptors (Lipinski definition) is 6. The molecule has 0 aliphatic heterocycles. The lowest BCUT2D eigenvalue weighted by molar-refractivity contribution is 0.0941. The highest BCUT2D eigenvalue weighted by atomic mass is 32.1. The highest BCUT2D eigenvalue weighted by Crippen LogP contribution is 2.38. The van der Waals surface area contributed by atoms with Crippen LogP contribution < -0.4 is 16.4 Å². The summed E-state index contributed by atoms with van der Waals surface area (Å²) in [6, 6.07) is 11.1. The van der Waals surface area contributed by atoms with E-state index in [0.29, 0.717) is 22.2 Å². The molecule has 2 amide bonds. The van der Waals surface area contributed by atoms with E-state index in [4.69, 9.17) is 10.7 Å². The zero-order valence-electron chi connectivity index (χ0n) is 22.2. The standard InChI is InChI=1S/C29H34N6O2S/c1-29(2,3)20-8-9-22-18(11-20)10-19-13-25(38-28(19)34-22)27(37)33-23(14-30)17-6-5-7-21(12-17)32-26(36)24-15-31-16-35(24)4/h5-7,10,12-13,15-16,20,23H,8-9,11,14,30H2,1-4H3,(H,32,36)(H,33,37)/t20-,23-/m1/s1. The molecule has 1 aromatic carbocycles. The average molecular weight is 531 g/mol. The molecule has 5 rings (SSSR count). The van der Waals surface area contributed by atoms with Crippen LogP contribution in [-0.4, -0.2) is 32.9 Å². The number of nitrogens with one attached hydrogen (secondary N) is 2. The summed E-state index contributed by atoms with van der Waals surface area (Å²) < 4.78 is 1.65. The second-order valence-electron chi connectivity index (χ2n) is 11.1. The van der Waals surface area contributed by atoms with Crippen LogP contribution in [0, 0.1) is 11.3 Å². The molecular formula is C29H34N6O2S. The number of carbonyl (C=O) groups excluding carboxylic acids is 2. The van der Waals surface area contributed by atoms with E-state index in [2.05, 4.69) is 42.5 Å². The van der Waals surface area contributed by atoms with Crippen molar-refractivity contribution in [3.63, 3.8) is 0 Å². The monoisotopic (exact) mass is 530 g/mol. The van der Waals surface area contributed by atoms with Gasteiger partial charge < -0.3 is 20.9 Å². The Bertz CT molecular complexity index is 1500. The fourth-order valence-electron chi connectivity index (χ4n) is 5.09. The molecule has 8 nitrogen and oxygen atoms in total. The molecule has 198 valence electrons. The second kappa shape index (κ2) is 10.3. The summed E-state index contributed by atoms with van der Waals surface area (Å²) in [5.74, 6) is 0.189. The Morgan fingerprint density at radius 1 is 1.21 bits per heavy atom. The Morgan fingerprint density at radius 2 is 2.03 bits per heavy atom. The van der Waals surface area contributed by atoms with Crippen molar-refractivity contribution in [1.82, 2.24) is 19.9 Å². The maximum absolute atomic E-state index is 13.3. The van der Waals surface area contributed by atoms with Gasteiger partial charge in [0.2, 0.25) is 0 Å². The minimum Gasteiger partial charge on any atom is -0.343 e. The fraction of sp³-hybridized carbons (Fsp3) is 0.379. The number of imidazole rings is 1. The normalized spacial score (nSPS) is 16.2. The highest BCUT2D eigenvalue weighted by Gasteiger charge is 2.30. The number of benzene rings is 1. The van der Waals surface area contributed by atoms with Gasteiger partial charge in [-0.2, -0.15) is 0 Å². The topological polar surface area (TPSA) is 115 Å². The summed E-state index contributed by atoms with van der Waals surface area (Å²) in [5.41, 5.74) is 10.7. The third-order valence-corrected chi connectivity index (χ3v) is 8.50. The van der Waals surface area contributed by atoms with E-state index in [-0.39, 0.29) is 23.8 Å². The summed E-state index contributed by atoms with van der Waals surface area (Å²) in [5, 5.41) is 6.96. The van der Waals surface area contributed by atoms with E-state index < -0.39 is 6.04 Å². The van der Waals surface area contributed by atoms with E-state index in [0.717, 1.165) is 40.7 Å². The first kappa shape index (κ1) is 26.1. The van der Waals surface area contributed by atoms with Crippen LogP contribution in [-0.2, 0) is 19.9 Å². The van der Waals surface area contributed by atoms with E-state index in [1.54, 1.807) is 24.0 Å².